The number of aromatic amines is 1. The summed E-state index contributed by atoms with van der Waals surface area (Å²) >= 11 is 0. The van der Waals surface area contributed by atoms with Crippen molar-refractivity contribution in [2.45, 2.75) is 24.9 Å². The number of carbonyl (C=O) groups excluding carboxylic acids is 1. The Hall–Kier alpha value is -3.51. The van der Waals surface area contributed by atoms with Crippen LogP contribution in [0.25, 0.3) is 22.2 Å². The van der Waals surface area contributed by atoms with Crippen molar-refractivity contribution in [2.75, 3.05) is 7.11 Å². The van der Waals surface area contributed by atoms with E-state index in [1.807, 2.05) is 12.1 Å². The molecular weight excluding hydrogens is 378 g/mol. The van der Waals surface area contributed by atoms with Gasteiger partial charge in [0.1, 0.15) is 11.8 Å². The van der Waals surface area contributed by atoms with E-state index in [1.165, 1.54) is 25.5 Å². The van der Waals surface area contributed by atoms with Gasteiger partial charge in [-0.3, -0.25) is 4.98 Å². The Bertz CT molecular complexity index is 1230. The molecule has 0 saturated heterocycles. The number of esters is 1. The average Bonchev–Trinajstić information content (AvgIpc) is 3.58. The summed E-state index contributed by atoms with van der Waals surface area (Å²) in [7, 11) is 1.31. The van der Waals surface area contributed by atoms with E-state index in [0.717, 1.165) is 27.7 Å². The highest BCUT2D eigenvalue weighted by molar-refractivity contribution is 5.92. The molecule has 0 aliphatic heterocycles. The fourth-order valence-corrected chi connectivity index (χ4v) is 3.90. The predicted molar refractivity (Wildman–Crippen MR) is 113 cm³/mol. The number of nitrogens with one attached hydrogen (secondary N) is 1. The van der Waals surface area contributed by atoms with Crippen LogP contribution in [-0.2, 0) is 4.74 Å². The van der Waals surface area contributed by atoms with E-state index in [-0.39, 0.29) is 5.69 Å². The number of rotatable bonds is 5. The first-order chi connectivity index (χ1) is 14.7. The lowest BCUT2D eigenvalue weighted by Crippen LogP contribution is -2.09. The maximum Gasteiger partial charge on any atom is 0.356 e. The molecule has 1 atom stereocenters. The van der Waals surface area contributed by atoms with Gasteiger partial charge >= 0.3 is 5.97 Å². The first-order valence-corrected chi connectivity index (χ1v) is 9.95. The molecule has 1 fully saturated rings. The minimum atomic E-state index is -1.02. The van der Waals surface area contributed by atoms with Crippen LogP contribution in [0.15, 0.2) is 60.9 Å². The van der Waals surface area contributed by atoms with Gasteiger partial charge in [0, 0.05) is 34.4 Å². The number of fused-ring (bicyclic) bond motifs is 1. The Morgan fingerprint density at radius 1 is 1.20 bits per heavy atom. The number of hydrogen-bond acceptors (Lipinski definition) is 5. The van der Waals surface area contributed by atoms with Crippen molar-refractivity contribution in [2.24, 2.45) is 0 Å². The molecule has 2 N–H and O–H groups in total. The fraction of sp³-hybridized carbons (Fsp3) is 0.208. The number of pyridine rings is 2. The summed E-state index contributed by atoms with van der Waals surface area (Å²) < 4.78 is 4.77. The third-order valence-corrected chi connectivity index (χ3v) is 5.58. The number of aliphatic hydroxyl groups excluding tert-OH is 1. The number of nitrogens with zero attached hydrogens (tertiary/aromatic N) is 2. The van der Waals surface area contributed by atoms with Gasteiger partial charge in [0.2, 0.25) is 0 Å². The van der Waals surface area contributed by atoms with Crippen molar-refractivity contribution in [3.8, 4) is 11.3 Å². The average molecular weight is 399 g/mol. The molecule has 1 aliphatic carbocycles. The Morgan fingerprint density at radius 2 is 2.07 bits per heavy atom. The highest BCUT2D eigenvalue weighted by atomic mass is 16.5. The van der Waals surface area contributed by atoms with Crippen molar-refractivity contribution in [1.82, 2.24) is 15.0 Å². The molecular formula is C24H21N3O3. The quantitative estimate of drug-likeness (QED) is 0.487. The van der Waals surface area contributed by atoms with E-state index in [2.05, 4.69) is 33.2 Å². The van der Waals surface area contributed by atoms with Crippen molar-refractivity contribution in [3.05, 3.63) is 83.4 Å². The van der Waals surface area contributed by atoms with Gasteiger partial charge in [0.25, 0.3) is 0 Å². The van der Waals surface area contributed by atoms with E-state index in [9.17, 15) is 9.90 Å². The van der Waals surface area contributed by atoms with Gasteiger partial charge in [0.05, 0.1) is 18.5 Å². The molecule has 1 saturated carbocycles. The second-order valence-electron chi connectivity index (χ2n) is 7.58. The maximum atomic E-state index is 11.9. The van der Waals surface area contributed by atoms with Crippen LogP contribution in [-0.4, -0.2) is 33.1 Å². The molecule has 150 valence electrons. The first kappa shape index (κ1) is 18.5. The van der Waals surface area contributed by atoms with Crippen molar-refractivity contribution in [3.63, 3.8) is 0 Å². The smallest absolute Gasteiger partial charge is 0.356 e. The molecule has 0 spiro atoms. The van der Waals surface area contributed by atoms with Gasteiger partial charge in [0.15, 0.2) is 0 Å². The molecule has 1 aliphatic rings. The molecule has 6 heteroatoms. The molecule has 0 bridgehead atoms. The molecule has 0 radical (unpaired) electrons. The number of methoxy groups -OCH3 is 1. The summed E-state index contributed by atoms with van der Waals surface area (Å²) in [5.41, 5.74) is 5.21. The number of ether oxygens (including phenoxy) is 1. The number of H-pyrrole nitrogens is 1. The number of hydrogen-bond donors (Lipinski definition) is 2. The Labute approximate surface area is 173 Å². The van der Waals surface area contributed by atoms with Crippen LogP contribution in [0.2, 0.25) is 0 Å². The standard InChI is InChI=1S/C24H21N3O3/c1-30-24(29)19-6-2-5-18(26-19)23(28)21-17-10-9-15(14-7-8-14)12-20(17)27-22(21)16-4-3-11-25-13-16/h2-6,9-14,23,27-28H,7-8H2,1H3. The lowest BCUT2D eigenvalue weighted by atomic mass is 9.98. The van der Waals surface area contributed by atoms with E-state index in [0.29, 0.717) is 11.6 Å². The van der Waals surface area contributed by atoms with Crippen LogP contribution in [0.4, 0.5) is 0 Å². The Balaban J connectivity index is 1.67. The van der Waals surface area contributed by atoms with Gasteiger partial charge in [-0.25, -0.2) is 9.78 Å². The summed E-state index contributed by atoms with van der Waals surface area (Å²) in [5.74, 6) is 0.0934. The van der Waals surface area contributed by atoms with Crippen LogP contribution in [0.3, 0.4) is 0 Å². The van der Waals surface area contributed by atoms with E-state index >= 15 is 0 Å². The SMILES string of the molecule is COC(=O)c1cccc(C(O)c2c(-c3cccnc3)[nH]c3cc(C4CC4)ccc23)n1. The largest absolute Gasteiger partial charge is 0.464 e. The van der Waals surface area contributed by atoms with E-state index in [1.54, 1.807) is 30.6 Å². The summed E-state index contributed by atoms with van der Waals surface area (Å²) in [5, 5.41) is 12.3. The zero-order valence-electron chi connectivity index (χ0n) is 16.5. The number of aliphatic hydroxyl groups is 1. The molecule has 1 unspecified atom stereocenters. The van der Waals surface area contributed by atoms with Gasteiger partial charge in [-0.15, -0.1) is 0 Å². The lowest BCUT2D eigenvalue weighted by Gasteiger charge is -2.13. The van der Waals surface area contributed by atoms with Crippen LogP contribution < -0.4 is 0 Å². The molecule has 4 aromatic rings. The monoisotopic (exact) mass is 399 g/mol. The maximum absolute atomic E-state index is 11.9. The molecule has 1 aromatic carbocycles. The van der Waals surface area contributed by atoms with Crippen LogP contribution in [0.1, 0.15) is 52.2 Å². The number of benzene rings is 1. The number of carbonyl (C=O) groups is 1. The molecule has 30 heavy (non-hydrogen) atoms. The molecule has 6 nitrogen and oxygen atoms in total. The Morgan fingerprint density at radius 3 is 2.80 bits per heavy atom. The Kier molecular flexibility index (Phi) is 4.56. The predicted octanol–water partition coefficient (Wildman–Crippen LogP) is 4.37. The lowest BCUT2D eigenvalue weighted by molar-refractivity contribution is 0.0593. The van der Waals surface area contributed by atoms with Crippen LogP contribution >= 0.6 is 0 Å². The third kappa shape index (κ3) is 3.25. The highest BCUT2D eigenvalue weighted by Crippen LogP contribution is 2.43. The molecule has 3 heterocycles. The van der Waals surface area contributed by atoms with Gasteiger partial charge in [-0.2, -0.15) is 0 Å². The minimum Gasteiger partial charge on any atom is -0.464 e. The van der Waals surface area contributed by atoms with Gasteiger partial charge in [-0.1, -0.05) is 18.2 Å². The summed E-state index contributed by atoms with van der Waals surface area (Å²) in [6.07, 6.45) is 4.91. The zero-order valence-corrected chi connectivity index (χ0v) is 16.5. The topological polar surface area (TPSA) is 88.1 Å². The van der Waals surface area contributed by atoms with Crippen molar-refractivity contribution in [1.29, 1.82) is 0 Å². The van der Waals surface area contributed by atoms with Crippen molar-refractivity contribution < 1.29 is 14.6 Å². The summed E-state index contributed by atoms with van der Waals surface area (Å²) in [6, 6.07) is 15.2. The van der Waals surface area contributed by atoms with Crippen LogP contribution in [0, 0.1) is 0 Å². The fourth-order valence-electron chi connectivity index (χ4n) is 3.90. The van der Waals surface area contributed by atoms with Gasteiger partial charge in [-0.05, 0) is 54.7 Å². The third-order valence-electron chi connectivity index (χ3n) is 5.58. The number of aromatic nitrogens is 3. The second kappa shape index (κ2) is 7.39. The summed E-state index contributed by atoms with van der Waals surface area (Å²) in [4.78, 5) is 24.0. The molecule has 5 rings (SSSR count). The first-order valence-electron chi connectivity index (χ1n) is 9.95. The van der Waals surface area contributed by atoms with Gasteiger partial charge < -0.3 is 14.8 Å². The second-order valence-corrected chi connectivity index (χ2v) is 7.58. The minimum absolute atomic E-state index is 0.160. The summed E-state index contributed by atoms with van der Waals surface area (Å²) in [6.45, 7) is 0. The highest BCUT2D eigenvalue weighted by Gasteiger charge is 2.27. The molecule has 0 amide bonds. The normalized spacial score (nSPS) is 14.6. The van der Waals surface area contributed by atoms with E-state index < -0.39 is 12.1 Å². The van der Waals surface area contributed by atoms with Crippen LogP contribution in [0.5, 0.6) is 0 Å². The molecule has 3 aromatic heterocycles. The van der Waals surface area contributed by atoms with Crippen molar-refractivity contribution >= 4 is 16.9 Å². The zero-order chi connectivity index (χ0) is 20.7. The van der Waals surface area contributed by atoms with E-state index in [4.69, 9.17) is 4.74 Å².